The van der Waals surface area contributed by atoms with E-state index in [4.69, 9.17) is 10.5 Å². The third kappa shape index (κ3) is 2.38. The molecule has 0 aromatic heterocycles. The summed E-state index contributed by atoms with van der Waals surface area (Å²) in [6.45, 7) is 4.90. The molecule has 1 fully saturated rings. The second kappa shape index (κ2) is 4.94. The van der Waals surface area contributed by atoms with Gasteiger partial charge in [-0.25, -0.2) is 0 Å². The van der Waals surface area contributed by atoms with Crippen molar-refractivity contribution in [2.24, 2.45) is 11.7 Å². The zero-order valence-corrected chi connectivity index (χ0v) is 11.3. The minimum Gasteiger partial charge on any atom is -0.372 e. The predicted octanol–water partition coefficient (Wildman–Crippen LogP) is 1.53. The Hall–Kier alpha value is -1.39. The molecular weight excluding hydrogens is 240 g/mol. The summed E-state index contributed by atoms with van der Waals surface area (Å²) in [5, 5.41) is 0. The smallest absolute Gasteiger partial charge is 0.253 e. The highest BCUT2D eigenvalue weighted by atomic mass is 16.5. The van der Waals surface area contributed by atoms with Gasteiger partial charge < -0.3 is 15.4 Å². The maximum atomic E-state index is 12.5. The fraction of sp³-hybridized carbons (Fsp3) is 0.533. The molecule has 19 heavy (non-hydrogen) atoms. The highest BCUT2D eigenvalue weighted by Crippen LogP contribution is 2.23. The Kier molecular flexibility index (Phi) is 3.29. The van der Waals surface area contributed by atoms with E-state index < -0.39 is 0 Å². The van der Waals surface area contributed by atoms with Crippen LogP contribution in [0, 0.1) is 5.92 Å². The van der Waals surface area contributed by atoms with Gasteiger partial charge in [-0.3, -0.25) is 4.79 Å². The van der Waals surface area contributed by atoms with Gasteiger partial charge in [0.15, 0.2) is 0 Å². The van der Waals surface area contributed by atoms with Crippen LogP contribution in [-0.2, 0) is 18.0 Å². The van der Waals surface area contributed by atoms with Crippen molar-refractivity contribution in [1.29, 1.82) is 0 Å². The van der Waals surface area contributed by atoms with Gasteiger partial charge in [0.05, 0.1) is 13.2 Å². The van der Waals surface area contributed by atoms with Gasteiger partial charge in [-0.1, -0.05) is 13.0 Å². The van der Waals surface area contributed by atoms with Crippen LogP contribution in [0.1, 0.15) is 34.8 Å². The molecule has 2 N–H and O–H groups in total. The number of carbonyl (C=O) groups is 1. The molecule has 0 radical (unpaired) electrons. The molecule has 1 amide bonds. The van der Waals surface area contributed by atoms with Crippen LogP contribution >= 0.6 is 0 Å². The van der Waals surface area contributed by atoms with E-state index in [2.05, 4.69) is 6.92 Å². The molecule has 1 aromatic carbocycles. The van der Waals surface area contributed by atoms with Crippen molar-refractivity contribution < 1.29 is 9.53 Å². The van der Waals surface area contributed by atoms with Gasteiger partial charge in [-0.15, -0.1) is 0 Å². The lowest BCUT2D eigenvalue weighted by molar-refractivity contribution is 0.0672. The summed E-state index contributed by atoms with van der Waals surface area (Å²) in [6.07, 6.45) is 0.987. The van der Waals surface area contributed by atoms with Gasteiger partial charge in [0.2, 0.25) is 0 Å². The molecule has 2 heterocycles. The van der Waals surface area contributed by atoms with Gasteiger partial charge in [0, 0.05) is 24.7 Å². The third-order valence-corrected chi connectivity index (χ3v) is 4.27. The van der Waals surface area contributed by atoms with E-state index in [1.54, 1.807) is 0 Å². The molecule has 1 saturated heterocycles. The molecule has 3 rings (SSSR count). The Labute approximate surface area is 113 Å². The number of piperidine rings is 1. The molecule has 1 aromatic rings. The van der Waals surface area contributed by atoms with Crippen LogP contribution in [0.4, 0.5) is 0 Å². The maximum Gasteiger partial charge on any atom is 0.253 e. The van der Waals surface area contributed by atoms with E-state index in [1.165, 1.54) is 5.56 Å². The average molecular weight is 260 g/mol. The van der Waals surface area contributed by atoms with E-state index in [0.717, 1.165) is 24.1 Å². The van der Waals surface area contributed by atoms with E-state index >= 15 is 0 Å². The Morgan fingerprint density at radius 2 is 2.16 bits per heavy atom. The summed E-state index contributed by atoms with van der Waals surface area (Å²) in [5.41, 5.74) is 9.15. The van der Waals surface area contributed by atoms with Gasteiger partial charge in [-0.05, 0) is 35.6 Å². The molecule has 4 heteroatoms. The Balaban J connectivity index is 1.77. The molecule has 102 valence electrons. The standard InChI is InChI=1S/C15H20N2O2/c1-10-4-5-17(7-14(10)16)15(18)11-2-3-12-8-19-9-13(12)6-11/h2-3,6,10,14H,4-5,7-9,16H2,1H3. The largest absolute Gasteiger partial charge is 0.372 e. The second-order valence-corrected chi connectivity index (χ2v) is 5.66. The first-order chi connectivity index (χ1) is 9.15. The Morgan fingerprint density at radius 1 is 1.37 bits per heavy atom. The number of nitrogens with two attached hydrogens (primary N) is 1. The Bertz CT molecular complexity index is 501. The molecule has 0 saturated carbocycles. The third-order valence-electron chi connectivity index (χ3n) is 4.27. The number of nitrogens with zero attached hydrogens (tertiary/aromatic N) is 1. The van der Waals surface area contributed by atoms with E-state index in [1.807, 2.05) is 23.1 Å². The first kappa shape index (κ1) is 12.6. The van der Waals surface area contributed by atoms with Crippen molar-refractivity contribution in [3.8, 4) is 0 Å². The van der Waals surface area contributed by atoms with Crippen molar-refractivity contribution in [3.63, 3.8) is 0 Å². The van der Waals surface area contributed by atoms with Gasteiger partial charge >= 0.3 is 0 Å². The number of hydrogen-bond acceptors (Lipinski definition) is 3. The molecule has 2 aliphatic rings. The molecule has 0 bridgehead atoms. The monoisotopic (exact) mass is 260 g/mol. The van der Waals surface area contributed by atoms with E-state index in [-0.39, 0.29) is 11.9 Å². The number of amides is 1. The van der Waals surface area contributed by atoms with Crippen LogP contribution in [-0.4, -0.2) is 29.9 Å². The molecular formula is C15H20N2O2. The molecule has 4 nitrogen and oxygen atoms in total. The van der Waals surface area contributed by atoms with Gasteiger partial charge in [-0.2, -0.15) is 0 Å². The van der Waals surface area contributed by atoms with Crippen LogP contribution < -0.4 is 5.73 Å². The zero-order chi connectivity index (χ0) is 13.4. The topological polar surface area (TPSA) is 55.6 Å². The lowest BCUT2D eigenvalue weighted by atomic mass is 9.93. The lowest BCUT2D eigenvalue weighted by Gasteiger charge is -2.35. The number of fused-ring (bicyclic) bond motifs is 1. The second-order valence-electron chi connectivity index (χ2n) is 5.66. The number of likely N-dealkylation sites (tertiary alicyclic amines) is 1. The number of rotatable bonds is 1. The quantitative estimate of drug-likeness (QED) is 0.833. The van der Waals surface area contributed by atoms with Crippen LogP contribution in [0.5, 0.6) is 0 Å². The van der Waals surface area contributed by atoms with Crippen LogP contribution in [0.3, 0.4) is 0 Å². The minimum absolute atomic E-state index is 0.0930. The number of benzene rings is 1. The summed E-state index contributed by atoms with van der Waals surface area (Å²) in [6, 6.07) is 5.96. The highest BCUT2D eigenvalue weighted by molar-refractivity contribution is 5.94. The number of hydrogen-bond donors (Lipinski definition) is 1. The van der Waals surface area contributed by atoms with E-state index in [9.17, 15) is 4.79 Å². The first-order valence-corrected chi connectivity index (χ1v) is 6.89. The van der Waals surface area contributed by atoms with Crippen molar-refractivity contribution in [1.82, 2.24) is 4.90 Å². The molecule has 2 unspecified atom stereocenters. The molecule has 0 spiro atoms. The fourth-order valence-electron chi connectivity index (χ4n) is 2.77. The highest BCUT2D eigenvalue weighted by Gasteiger charge is 2.27. The van der Waals surface area contributed by atoms with Crippen LogP contribution in [0.15, 0.2) is 18.2 Å². The summed E-state index contributed by atoms with van der Waals surface area (Å²) >= 11 is 0. The molecule has 2 atom stereocenters. The maximum absolute atomic E-state index is 12.5. The fourth-order valence-corrected chi connectivity index (χ4v) is 2.77. The summed E-state index contributed by atoms with van der Waals surface area (Å²) < 4.78 is 5.38. The molecule has 0 aliphatic carbocycles. The predicted molar refractivity (Wildman–Crippen MR) is 72.6 cm³/mol. The molecule has 2 aliphatic heterocycles. The van der Waals surface area contributed by atoms with Crippen molar-refractivity contribution >= 4 is 5.91 Å². The minimum atomic E-state index is 0.0930. The van der Waals surface area contributed by atoms with Gasteiger partial charge in [0.25, 0.3) is 5.91 Å². The Morgan fingerprint density at radius 3 is 2.95 bits per heavy atom. The van der Waals surface area contributed by atoms with Crippen molar-refractivity contribution in [2.75, 3.05) is 13.1 Å². The summed E-state index contributed by atoms with van der Waals surface area (Å²) in [7, 11) is 0. The number of carbonyl (C=O) groups excluding carboxylic acids is 1. The van der Waals surface area contributed by atoms with Crippen molar-refractivity contribution in [3.05, 3.63) is 34.9 Å². The first-order valence-electron chi connectivity index (χ1n) is 6.89. The normalized spacial score (nSPS) is 26.3. The zero-order valence-electron chi connectivity index (χ0n) is 11.3. The van der Waals surface area contributed by atoms with Crippen LogP contribution in [0.25, 0.3) is 0 Å². The van der Waals surface area contributed by atoms with E-state index in [0.29, 0.717) is 25.7 Å². The number of ether oxygens (including phenoxy) is 1. The van der Waals surface area contributed by atoms with Crippen LogP contribution in [0.2, 0.25) is 0 Å². The summed E-state index contributed by atoms with van der Waals surface area (Å²) in [4.78, 5) is 14.4. The van der Waals surface area contributed by atoms with Gasteiger partial charge in [0.1, 0.15) is 0 Å². The lowest BCUT2D eigenvalue weighted by Crippen LogP contribution is -2.49. The average Bonchev–Trinajstić information content (AvgIpc) is 2.88. The van der Waals surface area contributed by atoms with Crippen molar-refractivity contribution in [2.45, 2.75) is 32.6 Å². The SMILES string of the molecule is CC1CCN(C(=O)c2ccc3c(c2)COC3)CC1N. The summed E-state index contributed by atoms with van der Waals surface area (Å²) in [5.74, 6) is 0.592.